The Bertz CT molecular complexity index is 380. The van der Waals surface area contributed by atoms with Crippen LogP contribution in [0, 0.1) is 5.92 Å². The zero-order valence-corrected chi connectivity index (χ0v) is 13.5. The van der Waals surface area contributed by atoms with Crippen molar-refractivity contribution in [3.05, 3.63) is 11.1 Å². The average molecular weight is 281 g/mol. The lowest BCUT2D eigenvalue weighted by molar-refractivity contribution is 0.340. The third-order valence-corrected chi connectivity index (χ3v) is 5.05. The molecule has 0 saturated heterocycles. The van der Waals surface area contributed by atoms with Gasteiger partial charge in [0.05, 0.1) is 5.69 Å². The van der Waals surface area contributed by atoms with Crippen LogP contribution in [0.4, 0.5) is 5.13 Å². The third kappa shape index (κ3) is 4.18. The normalized spacial score (nSPS) is 23.8. The Labute approximate surface area is 121 Å². The van der Waals surface area contributed by atoms with Gasteiger partial charge < -0.3 is 10.2 Å². The molecule has 1 aromatic rings. The summed E-state index contributed by atoms with van der Waals surface area (Å²) in [6, 6.07) is 1.20. The Morgan fingerprint density at radius 3 is 2.68 bits per heavy atom. The molecule has 108 valence electrons. The molecule has 1 fully saturated rings. The Kier molecular flexibility index (Phi) is 5.22. The van der Waals surface area contributed by atoms with Crippen LogP contribution in [0.1, 0.15) is 52.1 Å². The number of rotatable bonds is 5. The number of nitrogens with zero attached hydrogens (tertiary/aromatic N) is 2. The smallest absolute Gasteiger partial charge is 0.185 e. The van der Waals surface area contributed by atoms with E-state index in [1.807, 2.05) is 0 Å². The van der Waals surface area contributed by atoms with E-state index < -0.39 is 0 Å². The van der Waals surface area contributed by atoms with E-state index in [1.54, 1.807) is 11.3 Å². The summed E-state index contributed by atoms with van der Waals surface area (Å²) in [7, 11) is 2.21. The van der Waals surface area contributed by atoms with Crippen molar-refractivity contribution in [2.24, 2.45) is 5.92 Å². The Morgan fingerprint density at radius 2 is 2.05 bits per heavy atom. The van der Waals surface area contributed by atoms with Gasteiger partial charge in [-0.05, 0) is 31.6 Å². The maximum absolute atomic E-state index is 4.76. The van der Waals surface area contributed by atoms with Crippen LogP contribution in [-0.2, 0) is 6.54 Å². The summed E-state index contributed by atoms with van der Waals surface area (Å²) in [4.78, 5) is 7.16. The van der Waals surface area contributed by atoms with Crippen LogP contribution < -0.4 is 10.2 Å². The predicted molar refractivity (Wildman–Crippen MR) is 83.9 cm³/mol. The maximum Gasteiger partial charge on any atom is 0.185 e. The van der Waals surface area contributed by atoms with E-state index in [4.69, 9.17) is 4.98 Å². The molecular weight excluding hydrogens is 254 g/mol. The van der Waals surface area contributed by atoms with Crippen molar-refractivity contribution >= 4 is 16.5 Å². The van der Waals surface area contributed by atoms with Gasteiger partial charge in [-0.1, -0.05) is 20.8 Å². The Morgan fingerprint density at radius 1 is 1.37 bits per heavy atom. The van der Waals surface area contributed by atoms with Gasteiger partial charge in [0.25, 0.3) is 0 Å². The molecule has 4 heteroatoms. The van der Waals surface area contributed by atoms with Crippen LogP contribution in [0.2, 0.25) is 0 Å². The van der Waals surface area contributed by atoms with Gasteiger partial charge in [0.15, 0.2) is 5.13 Å². The second-order valence-electron chi connectivity index (χ2n) is 6.18. The van der Waals surface area contributed by atoms with E-state index in [9.17, 15) is 0 Å². The topological polar surface area (TPSA) is 28.2 Å². The highest BCUT2D eigenvalue weighted by Crippen LogP contribution is 2.30. The summed E-state index contributed by atoms with van der Waals surface area (Å²) in [5, 5.41) is 6.79. The lowest BCUT2D eigenvalue weighted by Gasteiger charge is -2.33. The minimum atomic E-state index is 0.516. The van der Waals surface area contributed by atoms with Crippen molar-refractivity contribution in [1.82, 2.24) is 10.3 Å². The fourth-order valence-corrected chi connectivity index (χ4v) is 3.50. The minimum Gasteiger partial charge on any atom is -0.348 e. The lowest BCUT2D eigenvalue weighted by Crippen LogP contribution is -2.34. The SMILES string of the molecule is CC1CCC(N(C)c2nc(CNC(C)C)cs2)CC1. The van der Waals surface area contributed by atoms with Gasteiger partial charge >= 0.3 is 0 Å². The van der Waals surface area contributed by atoms with E-state index in [0.29, 0.717) is 12.1 Å². The molecule has 19 heavy (non-hydrogen) atoms. The molecule has 0 atom stereocenters. The summed E-state index contributed by atoms with van der Waals surface area (Å²) in [5.74, 6) is 0.909. The van der Waals surface area contributed by atoms with Crippen molar-refractivity contribution in [2.75, 3.05) is 11.9 Å². The van der Waals surface area contributed by atoms with Gasteiger partial charge in [-0.3, -0.25) is 0 Å². The largest absolute Gasteiger partial charge is 0.348 e. The highest BCUT2D eigenvalue weighted by molar-refractivity contribution is 7.13. The average Bonchev–Trinajstić information content (AvgIpc) is 2.85. The zero-order valence-electron chi connectivity index (χ0n) is 12.6. The zero-order chi connectivity index (χ0) is 13.8. The monoisotopic (exact) mass is 281 g/mol. The van der Waals surface area contributed by atoms with Gasteiger partial charge in [-0.2, -0.15) is 0 Å². The summed E-state index contributed by atoms with van der Waals surface area (Å²) in [6.45, 7) is 7.59. The Balaban J connectivity index is 1.90. The molecule has 0 bridgehead atoms. The molecular formula is C15H27N3S. The molecule has 1 aliphatic carbocycles. The molecule has 0 amide bonds. The summed E-state index contributed by atoms with van der Waals surface area (Å²) in [5.41, 5.74) is 1.17. The van der Waals surface area contributed by atoms with E-state index in [2.05, 4.69) is 43.4 Å². The molecule has 1 N–H and O–H groups in total. The second kappa shape index (κ2) is 6.71. The molecule has 0 aromatic carbocycles. The van der Waals surface area contributed by atoms with Gasteiger partial charge in [0.1, 0.15) is 0 Å². The van der Waals surface area contributed by atoms with Gasteiger partial charge in [0, 0.05) is 31.1 Å². The maximum atomic E-state index is 4.76. The molecule has 0 aliphatic heterocycles. The third-order valence-electron chi connectivity index (χ3n) is 4.07. The van der Waals surface area contributed by atoms with Crippen LogP contribution in [0.3, 0.4) is 0 Å². The van der Waals surface area contributed by atoms with Gasteiger partial charge in [-0.25, -0.2) is 4.98 Å². The molecule has 0 unspecified atom stereocenters. The summed E-state index contributed by atoms with van der Waals surface area (Å²) in [6.07, 6.45) is 5.36. The standard InChI is InChI=1S/C15H27N3S/c1-11(2)16-9-13-10-19-15(17-13)18(4)14-7-5-12(3)6-8-14/h10-12,14,16H,5-9H2,1-4H3. The Hall–Kier alpha value is -0.610. The van der Waals surface area contributed by atoms with Gasteiger partial charge in [-0.15, -0.1) is 11.3 Å². The van der Waals surface area contributed by atoms with Crippen LogP contribution >= 0.6 is 11.3 Å². The van der Waals surface area contributed by atoms with Crippen molar-refractivity contribution in [3.63, 3.8) is 0 Å². The summed E-state index contributed by atoms with van der Waals surface area (Å²) < 4.78 is 0. The summed E-state index contributed by atoms with van der Waals surface area (Å²) >= 11 is 1.78. The van der Waals surface area contributed by atoms with Crippen molar-refractivity contribution in [1.29, 1.82) is 0 Å². The van der Waals surface area contributed by atoms with Crippen LogP contribution in [0.15, 0.2) is 5.38 Å². The molecule has 0 spiro atoms. The molecule has 3 nitrogen and oxygen atoms in total. The molecule has 2 rings (SSSR count). The first-order chi connectivity index (χ1) is 9.06. The highest BCUT2D eigenvalue weighted by Gasteiger charge is 2.23. The van der Waals surface area contributed by atoms with Crippen LogP contribution in [0.5, 0.6) is 0 Å². The first-order valence-electron chi connectivity index (χ1n) is 7.47. The number of thiazole rings is 1. The van der Waals surface area contributed by atoms with E-state index >= 15 is 0 Å². The predicted octanol–water partition coefficient (Wildman–Crippen LogP) is 3.66. The highest BCUT2D eigenvalue weighted by atomic mass is 32.1. The first-order valence-corrected chi connectivity index (χ1v) is 8.35. The van der Waals surface area contributed by atoms with Crippen molar-refractivity contribution in [3.8, 4) is 0 Å². The lowest BCUT2D eigenvalue weighted by atomic mass is 9.87. The quantitative estimate of drug-likeness (QED) is 0.893. The number of anilines is 1. The van der Waals surface area contributed by atoms with Crippen molar-refractivity contribution in [2.45, 2.75) is 65.1 Å². The van der Waals surface area contributed by atoms with E-state index in [-0.39, 0.29) is 0 Å². The van der Waals surface area contributed by atoms with Crippen LogP contribution in [0.25, 0.3) is 0 Å². The fourth-order valence-electron chi connectivity index (χ4n) is 2.63. The molecule has 1 aromatic heterocycles. The molecule has 1 saturated carbocycles. The van der Waals surface area contributed by atoms with E-state index in [0.717, 1.165) is 12.5 Å². The second-order valence-corrected chi connectivity index (χ2v) is 7.02. The minimum absolute atomic E-state index is 0.516. The number of hydrogen-bond donors (Lipinski definition) is 1. The number of aromatic nitrogens is 1. The van der Waals surface area contributed by atoms with Crippen molar-refractivity contribution < 1.29 is 0 Å². The molecule has 0 radical (unpaired) electrons. The number of hydrogen-bond acceptors (Lipinski definition) is 4. The first kappa shape index (κ1) is 14.8. The fraction of sp³-hybridized carbons (Fsp3) is 0.800. The van der Waals surface area contributed by atoms with Crippen LogP contribution in [-0.4, -0.2) is 24.1 Å². The molecule has 1 heterocycles. The molecule has 1 aliphatic rings. The van der Waals surface area contributed by atoms with Gasteiger partial charge in [0.2, 0.25) is 0 Å². The number of nitrogens with one attached hydrogen (secondary N) is 1. The van der Waals surface area contributed by atoms with E-state index in [1.165, 1.54) is 36.5 Å².